The van der Waals surface area contributed by atoms with Crippen LogP contribution in [0.4, 0.5) is 5.69 Å². The first-order chi connectivity index (χ1) is 8.70. The van der Waals surface area contributed by atoms with E-state index in [1.807, 2.05) is 0 Å². The molecule has 0 aliphatic heterocycles. The average Bonchev–Trinajstić information content (AvgIpc) is 2.29. The summed E-state index contributed by atoms with van der Waals surface area (Å²) in [6.45, 7) is 0.243. The van der Waals surface area contributed by atoms with Gasteiger partial charge in [0, 0.05) is 18.7 Å². The quantitative estimate of drug-likeness (QED) is 0.552. The molecule has 0 radical (unpaired) electrons. The number of nitrogens with one attached hydrogen (secondary N) is 2. The fraction of sp³-hybridized carbons (Fsp3) is 0.300. The summed E-state index contributed by atoms with van der Waals surface area (Å²) in [5.41, 5.74) is 6.01. The molecule has 0 saturated heterocycles. The van der Waals surface area contributed by atoms with E-state index in [2.05, 4.69) is 10.0 Å². The molecule has 106 valence electrons. The maximum atomic E-state index is 11.7. The van der Waals surface area contributed by atoms with Crippen molar-refractivity contribution in [3.63, 3.8) is 0 Å². The lowest BCUT2D eigenvalue weighted by Crippen LogP contribution is -2.34. The smallest absolute Gasteiger partial charge is 0.251 e. The summed E-state index contributed by atoms with van der Waals surface area (Å²) >= 11 is 11.6. The lowest BCUT2D eigenvalue weighted by atomic mass is 10.2. The number of amides is 1. The molecule has 9 heteroatoms. The molecule has 0 aliphatic carbocycles. The highest BCUT2D eigenvalue weighted by Gasteiger charge is 2.11. The van der Waals surface area contributed by atoms with Crippen molar-refractivity contribution in [2.75, 3.05) is 25.1 Å². The number of hydrogen-bond acceptors (Lipinski definition) is 4. The molecule has 0 atom stereocenters. The first-order valence-corrected chi connectivity index (χ1v) is 7.83. The van der Waals surface area contributed by atoms with Crippen molar-refractivity contribution in [3.8, 4) is 0 Å². The number of benzene rings is 1. The molecule has 0 aliphatic rings. The second-order valence-electron chi connectivity index (χ2n) is 3.78. The summed E-state index contributed by atoms with van der Waals surface area (Å²) in [4.78, 5) is 11.7. The zero-order chi connectivity index (χ0) is 14.6. The SMILES string of the molecule is CS(=O)(=O)NCCNC(=O)c1cc(Cl)c(N)c(Cl)c1. The van der Waals surface area contributed by atoms with Gasteiger partial charge in [0.15, 0.2) is 0 Å². The summed E-state index contributed by atoms with van der Waals surface area (Å²) in [5.74, 6) is -0.417. The number of rotatable bonds is 5. The number of halogens is 2. The molecular weight excluding hydrogens is 313 g/mol. The van der Waals surface area contributed by atoms with E-state index < -0.39 is 15.9 Å². The largest absolute Gasteiger partial charge is 0.396 e. The fourth-order valence-electron chi connectivity index (χ4n) is 1.23. The average molecular weight is 326 g/mol. The molecule has 4 N–H and O–H groups in total. The number of carbonyl (C=O) groups is 1. The van der Waals surface area contributed by atoms with Gasteiger partial charge in [0.1, 0.15) is 0 Å². The molecule has 0 saturated carbocycles. The van der Waals surface area contributed by atoms with Crippen molar-refractivity contribution in [2.45, 2.75) is 0 Å². The first-order valence-electron chi connectivity index (χ1n) is 5.18. The van der Waals surface area contributed by atoms with Crippen LogP contribution in [0, 0.1) is 0 Å². The molecule has 0 fully saturated rings. The highest BCUT2D eigenvalue weighted by Crippen LogP contribution is 2.28. The van der Waals surface area contributed by atoms with Crippen molar-refractivity contribution in [1.82, 2.24) is 10.0 Å². The van der Waals surface area contributed by atoms with Crippen molar-refractivity contribution in [1.29, 1.82) is 0 Å². The van der Waals surface area contributed by atoms with E-state index >= 15 is 0 Å². The van der Waals surface area contributed by atoms with Gasteiger partial charge in [0.2, 0.25) is 10.0 Å². The van der Waals surface area contributed by atoms with Gasteiger partial charge in [-0.1, -0.05) is 23.2 Å². The predicted molar refractivity (Wildman–Crippen MR) is 76.1 cm³/mol. The minimum absolute atomic E-state index is 0.0982. The van der Waals surface area contributed by atoms with Crippen molar-refractivity contribution < 1.29 is 13.2 Å². The van der Waals surface area contributed by atoms with Crippen LogP contribution in [0.3, 0.4) is 0 Å². The van der Waals surface area contributed by atoms with Crippen LogP contribution in [0.25, 0.3) is 0 Å². The van der Waals surface area contributed by atoms with Gasteiger partial charge >= 0.3 is 0 Å². The molecule has 1 amide bonds. The van der Waals surface area contributed by atoms with E-state index in [0.717, 1.165) is 6.26 Å². The van der Waals surface area contributed by atoms with Gasteiger partial charge in [-0.2, -0.15) is 0 Å². The minimum atomic E-state index is -3.27. The van der Waals surface area contributed by atoms with E-state index in [9.17, 15) is 13.2 Å². The minimum Gasteiger partial charge on any atom is -0.396 e. The normalized spacial score (nSPS) is 11.3. The Hall–Kier alpha value is -1.02. The Kier molecular flexibility index (Phi) is 5.42. The third kappa shape index (κ3) is 5.23. The summed E-state index contributed by atoms with van der Waals surface area (Å²) < 4.78 is 23.8. The van der Waals surface area contributed by atoms with Crippen LogP contribution in [0.1, 0.15) is 10.4 Å². The highest BCUT2D eigenvalue weighted by atomic mass is 35.5. The van der Waals surface area contributed by atoms with Crippen LogP contribution in [0.2, 0.25) is 10.0 Å². The molecule has 1 rings (SSSR count). The Morgan fingerprint density at radius 2 is 1.79 bits per heavy atom. The van der Waals surface area contributed by atoms with Gasteiger partial charge in [-0.25, -0.2) is 13.1 Å². The first kappa shape index (κ1) is 16.0. The van der Waals surface area contributed by atoms with Crippen LogP contribution < -0.4 is 15.8 Å². The Bertz CT molecular complexity index is 567. The summed E-state index contributed by atoms with van der Waals surface area (Å²) in [6.07, 6.45) is 1.04. The topological polar surface area (TPSA) is 101 Å². The molecule has 1 aromatic rings. The monoisotopic (exact) mass is 325 g/mol. The van der Waals surface area contributed by atoms with Crippen LogP contribution in [-0.2, 0) is 10.0 Å². The van der Waals surface area contributed by atoms with Crippen LogP contribution in [-0.4, -0.2) is 33.7 Å². The van der Waals surface area contributed by atoms with Crippen LogP contribution in [0.5, 0.6) is 0 Å². The number of anilines is 1. The Morgan fingerprint density at radius 1 is 1.26 bits per heavy atom. The molecule has 0 spiro atoms. The van der Waals surface area contributed by atoms with Crippen LogP contribution >= 0.6 is 23.2 Å². The van der Waals surface area contributed by atoms with Gasteiger partial charge in [-0.15, -0.1) is 0 Å². The van der Waals surface area contributed by atoms with E-state index in [1.165, 1.54) is 12.1 Å². The lowest BCUT2D eigenvalue weighted by molar-refractivity contribution is 0.0954. The second-order valence-corrected chi connectivity index (χ2v) is 6.42. The van der Waals surface area contributed by atoms with Crippen molar-refractivity contribution >= 4 is 44.8 Å². The molecule has 6 nitrogen and oxygen atoms in total. The Morgan fingerprint density at radius 3 is 2.26 bits per heavy atom. The summed E-state index contributed by atoms with van der Waals surface area (Å²) in [6, 6.07) is 2.78. The zero-order valence-electron chi connectivity index (χ0n) is 10.0. The Balaban J connectivity index is 2.60. The number of nitrogens with two attached hydrogens (primary N) is 1. The third-order valence-corrected chi connectivity index (χ3v) is 3.47. The van der Waals surface area contributed by atoms with E-state index in [1.54, 1.807) is 0 Å². The number of carbonyl (C=O) groups excluding carboxylic acids is 1. The van der Waals surface area contributed by atoms with Gasteiger partial charge in [0.05, 0.1) is 22.0 Å². The molecule has 0 bridgehead atoms. The van der Waals surface area contributed by atoms with Crippen LogP contribution in [0.15, 0.2) is 12.1 Å². The molecule has 0 unspecified atom stereocenters. The highest BCUT2D eigenvalue weighted by molar-refractivity contribution is 7.88. The molecular formula is C10H13Cl2N3O3S. The summed E-state index contributed by atoms with van der Waals surface area (Å²) in [5, 5.41) is 2.90. The van der Waals surface area contributed by atoms with Gasteiger partial charge in [-0.05, 0) is 12.1 Å². The fourth-order valence-corrected chi connectivity index (χ4v) is 2.19. The van der Waals surface area contributed by atoms with Crippen molar-refractivity contribution in [2.24, 2.45) is 0 Å². The third-order valence-electron chi connectivity index (χ3n) is 2.12. The lowest BCUT2D eigenvalue weighted by Gasteiger charge is -2.08. The molecule has 1 aromatic carbocycles. The standard InChI is InChI=1S/C10H13Cl2N3O3S/c1-19(17,18)15-3-2-14-10(16)6-4-7(11)9(13)8(12)5-6/h4-5,15H,2-3,13H2,1H3,(H,14,16). The summed E-state index contributed by atoms with van der Waals surface area (Å²) in [7, 11) is -3.27. The van der Waals surface area contributed by atoms with Gasteiger partial charge in [0.25, 0.3) is 5.91 Å². The molecule has 0 aromatic heterocycles. The van der Waals surface area contributed by atoms with Gasteiger partial charge in [-0.3, -0.25) is 4.79 Å². The number of hydrogen-bond donors (Lipinski definition) is 3. The van der Waals surface area contributed by atoms with E-state index in [0.29, 0.717) is 0 Å². The van der Waals surface area contributed by atoms with Crippen molar-refractivity contribution in [3.05, 3.63) is 27.7 Å². The number of sulfonamides is 1. The van der Waals surface area contributed by atoms with E-state index in [-0.39, 0.29) is 34.4 Å². The predicted octanol–water partition coefficient (Wildman–Crippen LogP) is 0.855. The maximum absolute atomic E-state index is 11.7. The molecule has 19 heavy (non-hydrogen) atoms. The Labute approximate surface area is 121 Å². The van der Waals surface area contributed by atoms with Gasteiger partial charge < -0.3 is 11.1 Å². The molecule has 0 heterocycles. The van der Waals surface area contributed by atoms with E-state index in [4.69, 9.17) is 28.9 Å². The zero-order valence-corrected chi connectivity index (χ0v) is 12.4. The maximum Gasteiger partial charge on any atom is 0.251 e. The number of nitrogen functional groups attached to an aromatic ring is 1. The second kappa shape index (κ2) is 6.42.